The molecule has 1 aromatic carbocycles. The average molecular weight is 246 g/mol. The fourth-order valence-corrected chi connectivity index (χ4v) is 2.26. The lowest BCUT2D eigenvalue weighted by molar-refractivity contribution is -0.115. The Morgan fingerprint density at radius 1 is 1.35 bits per heavy atom. The van der Waals surface area contributed by atoms with E-state index in [2.05, 4.69) is 5.32 Å². The topological polar surface area (TPSA) is 55.1 Å². The van der Waals surface area contributed by atoms with Gasteiger partial charge >= 0.3 is 0 Å². The zero-order chi connectivity index (χ0) is 12.3. The summed E-state index contributed by atoms with van der Waals surface area (Å²) in [5.41, 5.74) is 8.17. The quantitative estimate of drug-likeness (QED) is 0.818. The maximum atomic E-state index is 11.8. The molecule has 3 N–H and O–H groups in total. The molecule has 3 nitrogen and oxygen atoms in total. The first-order chi connectivity index (χ1) is 8.16. The highest BCUT2D eigenvalue weighted by Crippen LogP contribution is 2.20. The second-order valence-corrected chi connectivity index (χ2v) is 4.86. The fourth-order valence-electron chi connectivity index (χ4n) is 1.55. The van der Waals surface area contributed by atoms with Gasteiger partial charge in [-0.2, -0.15) is 0 Å². The number of hydrogen-bond donors (Lipinski definition) is 2. The molecule has 0 atom stereocenters. The number of benzene rings is 1. The number of nitrogens with one attached hydrogen (secondary N) is 1. The first-order valence-electron chi connectivity index (χ1n) is 5.34. The lowest BCUT2D eigenvalue weighted by Gasteiger charge is -2.09. The Morgan fingerprint density at radius 3 is 2.88 bits per heavy atom. The zero-order valence-electron chi connectivity index (χ0n) is 9.57. The molecule has 0 unspecified atom stereocenters. The number of rotatable bonds is 3. The van der Waals surface area contributed by atoms with Crippen LogP contribution in [0.4, 0.5) is 11.4 Å². The highest BCUT2D eigenvalue weighted by molar-refractivity contribution is 7.10. The van der Waals surface area contributed by atoms with Crippen LogP contribution in [0.15, 0.2) is 35.7 Å². The van der Waals surface area contributed by atoms with Crippen LogP contribution >= 0.6 is 11.3 Å². The molecule has 1 heterocycles. The molecule has 0 saturated heterocycles. The van der Waals surface area contributed by atoms with Crippen molar-refractivity contribution in [3.05, 3.63) is 46.2 Å². The highest BCUT2D eigenvalue weighted by atomic mass is 32.1. The van der Waals surface area contributed by atoms with Gasteiger partial charge < -0.3 is 11.1 Å². The Bertz CT molecular complexity index is 520. The van der Waals surface area contributed by atoms with Crippen molar-refractivity contribution in [3.63, 3.8) is 0 Å². The summed E-state index contributed by atoms with van der Waals surface area (Å²) in [6, 6.07) is 9.42. The minimum Gasteiger partial charge on any atom is -0.398 e. The Labute approximate surface area is 104 Å². The van der Waals surface area contributed by atoms with Gasteiger partial charge in [0.25, 0.3) is 0 Å². The molecule has 4 heteroatoms. The van der Waals surface area contributed by atoms with Gasteiger partial charge in [-0.05, 0) is 36.1 Å². The van der Waals surface area contributed by atoms with Crippen molar-refractivity contribution in [2.75, 3.05) is 11.1 Å². The van der Waals surface area contributed by atoms with Gasteiger partial charge in [0.2, 0.25) is 5.91 Å². The molecule has 2 rings (SSSR count). The van der Waals surface area contributed by atoms with Crippen LogP contribution in [0.2, 0.25) is 0 Å². The van der Waals surface area contributed by atoms with Gasteiger partial charge in [0.15, 0.2) is 0 Å². The summed E-state index contributed by atoms with van der Waals surface area (Å²) < 4.78 is 0. The Hall–Kier alpha value is -1.81. The van der Waals surface area contributed by atoms with E-state index in [9.17, 15) is 4.79 Å². The zero-order valence-corrected chi connectivity index (χ0v) is 10.4. The first kappa shape index (κ1) is 11.7. The number of carbonyl (C=O) groups is 1. The van der Waals surface area contributed by atoms with Crippen LogP contribution in [0, 0.1) is 6.92 Å². The third-order valence-electron chi connectivity index (χ3n) is 2.56. The van der Waals surface area contributed by atoms with Crippen LogP contribution in [0.25, 0.3) is 0 Å². The molecule has 0 aliphatic carbocycles. The summed E-state index contributed by atoms with van der Waals surface area (Å²) in [6.45, 7) is 1.90. The van der Waals surface area contributed by atoms with E-state index in [1.54, 1.807) is 11.3 Å². The van der Waals surface area contributed by atoms with Crippen molar-refractivity contribution in [1.82, 2.24) is 0 Å². The van der Waals surface area contributed by atoms with E-state index in [-0.39, 0.29) is 5.91 Å². The van der Waals surface area contributed by atoms with E-state index < -0.39 is 0 Å². The summed E-state index contributed by atoms with van der Waals surface area (Å²) in [4.78, 5) is 12.9. The van der Waals surface area contributed by atoms with Crippen LogP contribution in [0.1, 0.15) is 10.4 Å². The predicted octanol–water partition coefficient (Wildman–Crippen LogP) is 2.82. The predicted molar refractivity (Wildman–Crippen MR) is 72.2 cm³/mol. The van der Waals surface area contributed by atoms with E-state index in [4.69, 9.17) is 5.73 Å². The van der Waals surface area contributed by atoms with Gasteiger partial charge in [-0.25, -0.2) is 0 Å². The number of anilines is 2. The van der Waals surface area contributed by atoms with Crippen molar-refractivity contribution in [2.24, 2.45) is 0 Å². The summed E-state index contributed by atoms with van der Waals surface area (Å²) in [5.74, 6) is -0.0128. The first-order valence-corrected chi connectivity index (χ1v) is 6.22. The summed E-state index contributed by atoms with van der Waals surface area (Å²) in [6.07, 6.45) is 0.409. The number of nitrogen functional groups attached to an aromatic ring is 1. The number of amides is 1. The molecule has 88 valence electrons. The Morgan fingerprint density at radius 2 is 2.18 bits per heavy atom. The Balaban J connectivity index is 2.06. The molecular formula is C13H14N2OS. The van der Waals surface area contributed by atoms with Crippen molar-refractivity contribution >= 4 is 28.6 Å². The SMILES string of the molecule is Cc1c(N)cccc1NC(=O)Cc1cccs1. The second kappa shape index (κ2) is 5.01. The molecule has 1 amide bonds. The van der Waals surface area contributed by atoms with Crippen molar-refractivity contribution in [3.8, 4) is 0 Å². The average Bonchev–Trinajstić information content (AvgIpc) is 2.77. The number of thiophene rings is 1. The molecule has 0 radical (unpaired) electrons. The van der Waals surface area contributed by atoms with Crippen molar-refractivity contribution in [2.45, 2.75) is 13.3 Å². The lowest BCUT2D eigenvalue weighted by Crippen LogP contribution is -2.14. The van der Waals surface area contributed by atoms with Crippen LogP contribution in [-0.2, 0) is 11.2 Å². The van der Waals surface area contributed by atoms with Gasteiger partial charge in [-0.3, -0.25) is 4.79 Å². The molecule has 0 bridgehead atoms. The van der Waals surface area contributed by atoms with E-state index in [1.165, 1.54) is 0 Å². The summed E-state index contributed by atoms with van der Waals surface area (Å²) in [5, 5.41) is 4.84. The van der Waals surface area contributed by atoms with Gasteiger partial charge in [0, 0.05) is 16.3 Å². The Kier molecular flexibility index (Phi) is 3.44. The smallest absolute Gasteiger partial charge is 0.229 e. The van der Waals surface area contributed by atoms with Crippen LogP contribution < -0.4 is 11.1 Å². The number of carbonyl (C=O) groups excluding carboxylic acids is 1. The lowest BCUT2D eigenvalue weighted by atomic mass is 10.1. The molecule has 2 aromatic rings. The normalized spacial score (nSPS) is 10.2. The van der Waals surface area contributed by atoms with Crippen LogP contribution in [-0.4, -0.2) is 5.91 Å². The molecule has 0 saturated carbocycles. The van der Waals surface area contributed by atoms with E-state index in [0.717, 1.165) is 16.1 Å². The molecular weight excluding hydrogens is 232 g/mol. The molecule has 1 aromatic heterocycles. The molecule has 0 fully saturated rings. The largest absolute Gasteiger partial charge is 0.398 e. The van der Waals surface area contributed by atoms with Crippen molar-refractivity contribution in [1.29, 1.82) is 0 Å². The van der Waals surface area contributed by atoms with Gasteiger partial charge in [0.1, 0.15) is 0 Å². The highest BCUT2D eigenvalue weighted by Gasteiger charge is 2.07. The number of nitrogens with two attached hydrogens (primary N) is 1. The van der Waals surface area contributed by atoms with E-state index >= 15 is 0 Å². The minimum atomic E-state index is -0.0128. The van der Waals surface area contributed by atoms with Gasteiger partial charge in [0.05, 0.1) is 6.42 Å². The van der Waals surface area contributed by atoms with Crippen molar-refractivity contribution < 1.29 is 4.79 Å². The molecule has 0 aliphatic rings. The second-order valence-electron chi connectivity index (χ2n) is 3.82. The van der Waals surface area contributed by atoms with E-state index in [0.29, 0.717) is 12.1 Å². The molecule has 0 spiro atoms. The van der Waals surface area contributed by atoms with Gasteiger partial charge in [-0.1, -0.05) is 12.1 Å². The van der Waals surface area contributed by atoms with Crippen LogP contribution in [0.3, 0.4) is 0 Å². The monoisotopic (exact) mass is 246 g/mol. The third kappa shape index (κ3) is 2.85. The van der Waals surface area contributed by atoms with E-state index in [1.807, 2.05) is 42.6 Å². The number of hydrogen-bond acceptors (Lipinski definition) is 3. The van der Waals surface area contributed by atoms with Crippen LogP contribution in [0.5, 0.6) is 0 Å². The maximum absolute atomic E-state index is 11.8. The molecule has 0 aliphatic heterocycles. The fraction of sp³-hybridized carbons (Fsp3) is 0.154. The minimum absolute atomic E-state index is 0.0128. The summed E-state index contributed by atoms with van der Waals surface area (Å²) in [7, 11) is 0. The molecule has 17 heavy (non-hydrogen) atoms. The third-order valence-corrected chi connectivity index (χ3v) is 3.44. The summed E-state index contributed by atoms with van der Waals surface area (Å²) >= 11 is 1.58. The van der Waals surface area contributed by atoms with Gasteiger partial charge in [-0.15, -0.1) is 11.3 Å². The maximum Gasteiger partial charge on any atom is 0.229 e. The standard InChI is InChI=1S/C13H14N2OS/c1-9-11(14)5-2-6-12(9)15-13(16)8-10-4-3-7-17-10/h2-7H,8,14H2,1H3,(H,15,16).